The highest BCUT2D eigenvalue weighted by Gasteiger charge is 2.42. The number of para-hydroxylation sites is 1. The van der Waals surface area contributed by atoms with Gasteiger partial charge in [0.15, 0.2) is 5.11 Å². The molecule has 5 aromatic rings. The summed E-state index contributed by atoms with van der Waals surface area (Å²) < 4.78 is 8.22. The van der Waals surface area contributed by atoms with Crippen LogP contribution in [0.5, 0.6) is 11.5 Å². The molecule has 0 spiro atoms. The summed E-state index contributed by atoms with van der Waals surface area (Å²) in [5.74, 6) is 1.58. The van der Waals surface area contributed by atoms with Gasteiger partial charge in [-0.3, -0.25) is 4.98 Å². The normalized spacial score (nSPS) is 16.8. The van der Waals surface area contributed by atoms with Gasteiger partial charge >= 0.3 is 0 Å². The van der Waals surface area contributed by atoms with Gasteiger partial charge in [-0.25, -0.2) is 0 Å². The van der Waals surface area contributed by atoms with Crippen molar-refractivity contribution in [2.45, 2.75) is 19.0 Å². The fraction of sp³-hybridized carbons (Fsp3) is 0.0968. The predicted octanol–water partition coefficient (Wildman–Crippen LogP) is 8.46. The third kappa shape index (κ3) is 4.99. The lowest BCUT2D eigenvalue weighted by Gasteiger charge is -2.29. The van der Waals surface area contributed by atoms with E-state index >= 15 is 0 Å². The summed E-state index contributed by atoms with van der Waals surface area (Å²) >= 11 is 18.8. The molecule has 0 bridgehead atoms. The predicted molar refractivity (Wildman–Crippen MR) is 161 cm³/mol. The number of ether oxygens (including phenoxy) is 1. The van der Waals surface area contributed by atoms with E-state index in [0.29, 0.717) is 15.2 Å². The lowest BCUT2D eigenvalue weighted by atomic mass is 10.0. The molecule has 3 heterocycles. The van der Waals surface area contributed by atoms with Gasteiger partial charge in [0.25, 0.3) is 0 Å². The molecule has 0 aliphatic carbocycles. The third-order valence-electron chi connectivity index (χ3n) is 6.79. The van der Waals surface area contributed by atoms with Crippen molar-refractivity contribution in [3.05, 3.63) is 136 Å². The molecule has 3 aromatic carbocycles. The number of hydrogen-bond acceptors (Lipinski definition) is 3. The first-order valence-electron chi connectivity index (χ1n) is 12.5. The molecule has 0 saturated carbocycles. The molecule has 194 valence electrons. The van der Waals surface area contributed by atoms with E-state index in [9.17, 15) is 0 Å². The van der Waals surface area contributed by atoms with Crippen LogP contribution in [-0.2, 0) is 0 Å². The van der Waals surface area contributed by atoms with Crippen LogP contribution >= 0.6 is 35.4 Å². The Morgan fingerprint density at radius 3 is 2.44 bits per heavy atom. The topological polar surface area (TPSA) is 42.3 Å². The minimum atomic E-state index is -0.211. The number of nitrogens with zero attached hydrogens (tertiary/aromatic N) is 3. The molecular weight excluding hydrogens is 547 g/mol. The van der Waals surface area contributed by atoms with Crippen LogP contribution in [0.15, 0.2) is 109 Å². The van der Waals surface area contributed by atoms with E-state index < -0.39 is 0 Å². The summed E-state index contributed by atoms with van der Waals surface area (Å²) in [5.41, 5.74) is 4.74. The molecule has 2 aromatic heterocycles. The van der Waals surface area contributed by atoms with Crippen molar-refractivity contribution in [3.8, 4) is 17.2 Å². The molecule has 0 unspecified atom stereocenters. The lowest BCUT2D eigenvalue weighted by Crippen LogP contribution is -2.30. The number of hydrogen-bond donors (Lipinski definition) is 1. The van der Waals surface area contributed by atoms with Crippen LogP contribution in [0.3, 0.4) is 0 Å². The zero-order valence-corrected chi connectivity index (χ0v) is 23.3. The van der Waals surface area contributed by atoms with Crippen LogP contribution in [0.4, 0.5) is 5.69 Å². The molecule has 2 atom stereocenters. The second-order valence-electron chi connectivity index (χ2n) is 9.26. The molecule has 1 fully saturated rings. The second kappa shape index (κ2) is 10.7. The molecule has 1 aliphatic rings. The molecule has 0 amide bonds. The molecule has 1 N–H and O–H groups in total. The lowest BCUT2D eigenvalue weighted by molar-refractivity contribution is 0.479. The smallest absolute Gasteiger partial charge is 0.174 e. The van der Waals surface area contributed by atoms with Crippen molar-refractivity contribution in [3.63, 3.8) is 0 Å². The summed E-state index contributed by atoms with van der Waals surface area (Å²) in [6, 6.07) is 31.0. The number of benzene rings is 3. The Morgan fingerprint density at radius 1 is 0.897 bits per heavy atom. The van der Waals surface area contributed by atoms with E-state index in [1.165, 1.54) is 0 Å². The van der Waals surface area contributed by atoms with Gasteiger partial charge in [-0.05, 0) is 97.5 Å². The Hall–Kier alpha value is -3.84. The van der Waals surface area contributed by atoms with Gasteiger partial charge in [-0.15, -0.1) is 0 Å². The van der Waals surface area contributed by atoms with E-state index in [0.717, 1.165) is 39.8 Å². The maximum Gasteiger partial charge on any atom is 0.174 e. The number of thiocarbonyl (C=S) groups is 1. The average molecular weight is 572 g/mol. The Morgan fingerprint density at radius 2 is 1.69 bits per heavy atom. The molecule has 6 rings (SSSR count). The SMILES string of the molecule is Cc1ccccc1Oc1ccc(N2C(=S)N[C@@H](c3ccccn3)[C@H]2c2cccn2-c2ccc(Cl)cc2Cl)cc1. The highest BCUT2D eigenvalue weighted by molar-refractivity contribution is 7.80. The minimum absolute atomic E-state index is 0.193. The van der Waals surface area contributed by atoms with Crippen LogP contribution in [0.25, 0.3) is 5.69 Å². The standard InChI is InChI=1S/C31H24Cl2N4OS/c1-20-7-2-3-10-28(20)38-23-14-12-22(13-15-23)37-30(29(35-31(37)39)25-8-4-5-17-34-25)27-9-6-18-36(27)26-16-11-21(32)19-24(26)33/h2-19,29-30H,1H3,(H,35,39)/t29-,30+/m0/s1. The van der Waals surface area contributed by atoms with Crippen LogP contribution in [0, 0.1) is 6.92 Å². The zero-order valence-electron chi connectivity index (χ0n) is 21.0. The molecule has 1 saturated heterocycles. The number of anilines is 1. The van der Waals surface area contributed by atoms with Crippen molar-refractivity contribution < 1.29 is 4.74 Å². The van der Waals surface area contributed by atoms with Crippen LogP contribution in [-0.4, -0.2) is 14.7 Å². The first-order chi connectivity index (χ1) is 19.0. The van der Waals surface area contributed by atoms with Crippen molar-refractivity contribution in [2.24, 2.45) is 0 Å². The Balaban J connectivity index is 1.41. The molecular formula is C31H24Cl2N4OS. The minimum Gasteiger partial charge on any atom is -0.457 e. The maximum atomic E-state index is 6.64. The third-order valence-corrected chi connectivity index (χ3v) is 7.64. The Kier molecular flexibility index (Phi) is 7.00. The molecule has 39 heavy (non-hydrogen) atoms. The fourth-order valence-electron chi connectivity index (χ4n) is 4.94. The summed E-state index contributed by atoms with van der Waals surface area (Å²) in [6.45, 7) is 2.03. The summed E-state index contributed by atoms with van der Waals surface area (Å²) in [4.78, 5) is 6.79. The maximum absolute atomic E-state index is 6.64. The van der Waals surface area contributed by atoms with Crippen LogP contribution < -0.4 is 15.0 Å². The van der Waals surface area contributed by atoms with Gasteiger partial charge in [0.2, 0.25) is 0 Å². The average Bonchev–Trinajstić information content (AvgIpc) is 3.55. The fourth-order valence-corrected chi connectivity index (χ4v) is 5.78. The van der Waals surface area contributed by atoms with Gasteiger partial charge in [-0.2, -0.15) is 0 Å². The largest absolute Gasteiger partial charge is 0.457 e. The van der Waals surface area contributed by atoms with E-state index in [4.69, 9.17) is 40.2 Å². The quantitative estimate of drug-likeness (QED) is 0.207. The monoisotopic (exact) mass is 570 g/mol. The van der Waals surface area contributed by atoms with Crippen LogP contribution in [0.1, 0.15) is 29.0 Å². The van der Waals surface area contributed by atoms with E-state index in [1.54, 1.807) is 12.3 Å². The number of nitrogens with one attached hydrogen (secondary N) is 1. The van der Waals surface area contributed by atoms with Gasteiger partial charge < -0.3 is 19.5 Å². The highest BCUT2D eigenvalue weighted by atomic mass is 35.5. The van der Waals surface area contributed by atoms with Crippen molar-refractivity contribution in [1.82, 2.24) is 14.9 Å². The van der Waals surface area contributed by atoms with E-state index in [2.05, 4.69) is 25.8 Å². The number of aryl methyl sites for hydroxylation is 1. The zero-order chi connectivity index (χ0) is 26.9. The molecule has 5 nitrogen and oxygen atoms in total. The van der Waals surface area contributed by atoms with Gasteiger partial charge in [0.1, 0.15) is 17.5 Å². The van der Waals surface area contributed by atoms with Crippen LogP contribution in [0.2, 0.25) is 10.0 Å². The van der Waals surface area contributed by atoms with Crippen molar-refractivity contribution in [2.75, 3.05) is 4.90 Å². The first-order valence-corrected chi connectivity index (χ1v) is 13.6. The first kappa shape index (κ1) is 25.4. The number of pyridine rings is 1. The van der Waals surface area contributed by atoms with Crippen molar-refractivity contribution in [1.29, 1.82) is 0 Å². The summed E-state index contributed by atoms with van der Waals surface area (Å²) in [7, 11) is 0. The van der Waals surface area contributed by atoms with Crippen molar-refractivity contribution >= 4 is 46.2 Å². The van der Waals surface area contributed by atoms with Gasteiger partial charge in [0.05, 0.1) is 22.4 Å². The van der Waals surface area contributed by atoms with E-state index in [1.807, 2.05) is 98.0 Å². The summed E-state index contributed by atoms with van der Waals surface area (Å²) in [5, 5.41) is 5.27. The molecule has 8 heteroatoms. The van der Waals surface area contributed by atoms with Gasteiger partial charge in [0, 0.05) is 28.8 Å². The number of aromatic nitrogens is 2. The second-order valence-corrected chi connectivity index (χ2v) is 10.5. The molecule has 0 radical (unpaired) electrons. The number of halogens is 2. The van der Waals surface area contributed by atoms with Gasteiger partial charge in [-0.1, -0.05) is 47.5 Å². The highest BCUT2D eigenvalue weighted by Crippen LogP contribution is 2.43. The molecule has 1 aliphatic heterocycles. The Labute approximate surface area is 242 Å². The number of rotatable bonds is 6. The summed E-state index contributed by atoms with van der Waals surface area (Å²) in [6.07, 6.45) is 3.80. The Bertz CT molecular complexity index is 1640. The van der Waals surface area contributed by atoms with E-state index in [-0.39, 0.29) is 12.1 Å².